The van der Waals surface area contributed by atoms with Crippen molar-refractivity contribution in [3.63, 3.8) is 0 Å². The Balaban J connectivity index is 1.27. The van der Waals surface area contributed by atoms with Gasteiger partial charge in [0.1, 0.15) is 12.1 Å². The van der Waals surface area contributed by atoms with Crippen LogP contribution in [0, 0.1) is 0 Å². The number of nitrogens with one attached hydrogen (secondary N) is 3. The Kier molecular flexibility index (Phi) is 7.01. The number of halogens is 3. The Hall–Kier alpha value is -4.38. The van der Waals surface area contributed by atoms with E-state index < -0.39 is 17.8 Å². The largest absolute Gasteiger partial charge is 0.416 e. The van der Waals surface area contributed by atoms with Gasteiger partial charge in [-0.25, -0.2) is 14.8 Å². The highest BCUT2D eigenvalue weighted by Crippen LogP contribution is 2.32. The molecule has 11 heteroatoms. The number of hydrogen-bond acceptors (Lipinski definition) is 6. The monoisotopic (exact) mass is 521 g/mol. The van der Waals surface area contributed by atoms with E-state index >= 15 is 0 Å². The topological polar surface area (TPSA) is 85.4 Å². The first-order valence-electron chi connectivity index (χ1n) is 12.1. The second-order valence-corrected chi connectivity index (χ2v) is 9.07. The van der Waals surface area contributed by atoms with Crippen LogP contribution in [0.3, 0.4) is 0 Å². The van der Waals surface area contributed by atoms with Gasteiger partial charge < -0.3 is 25.8 Å². The number of benzene rings is 3. The van der Waals surface area contributed by atoms with E-state index in [4.69, 9.17) is 0 Å². The summed E-state index contributed by atoms with van der Waals surface area (Å²) in [4.78, 5) is 25.7. The zero-order valence-electron chi connectivity index (χ0n) is 20.6. The van der Waals surface area contributed by atoms with E-state index in [1.54, 1.807) is 18.2 Å². The molecule has 196 valence electrons. The standard InChI is InChI=1S/C27H26F3N7O/c1-36-11-13-37(14-12-36)22-8-5-19(6-9-22)34-26(38)35-21-7-10-24-23(16-21)25(32-17-31-24)33-20-4-2-3-18(15-20)27(28,29)30/h2-10,15-17H,11-14H2,1H3,(H,31,32,33)(H2,34,35,38). The molecule has 0 saturated carbocycles. The van der Waals surface area contributed by atoms with Crippen molar-refractivity contribution < 1.29 is 18.0 Å². The molecule has 2 amide bonds. The summed E-state index contributed by atoms with van der Waals surface area (Å²) in [6.07, 6.45) is -3.13. The molecule has 3 N–H and O–H groups in total. The third-order valence-electron chi connectivity index (χ3n) is 6.34. The van der Waals surface area contributed by atoms with E-state index in [9.17, 15) is 18.0 Å². The normalized spacial score (nSPS) is 14.4. The van der Waals surface area contributed by atoms with Gasteiger partial charge in [-0.05, 0) is 67.7 Å². The second-order valence-electron chi connectivity index (χ2n) is 9.07. The van der Waals surface area contributed by atoms with Crippen molar-refractivity contribution in [3.8, 4) is 0 Å². The first-order valence-corrected chi connectivity index (χ1v) is 12.1. The molecule has 0 bridgehead atoms. The third-order valence-corrected chi connectivity index (χ3v) is 6.34. The molecule has 5 rings (SSSR count). The lowest BCUT2D eigenvalue weighted by molar-refractivity contribution is -0.137. The van der Waals surface area contributed by atoms with Gasteiger partial charge in [-0.2, -0.15) is 13.2 Å². The van der Waals surface area contributed by atoms with E-state index in [-0.39, 0.29) is 5.69 Å². The van der Waals surface area contributed by atoms with Crippen molar-refractivity contribution in [3.05, 3.63) is 78.6 Å². The maximum atomic E-state index is 13.1. The minimum atomic E-state index is -4.46. The summed E-state index contributed by atoms with van der Waals surface area (Å²) in [6, 6.07) is 17.2. The van der Waals surface area contributed by atoms with Crippen molar-refractivity contribution in [2.45, 2.75) is 6.18 Å². The number of urea groups is 1. The van der Waals surface area contributed by atoms with Crippen molar-refractivity contribution in [1.29, 1.82) is 0 Å². The molecule has 38 heavy (non-hydrogen) atoms. The lowest BCUT2D eigenvalue weighted by Crippen LogP contribution is -2.44. The summed E-state index contributed by atoms with van der Waals surface area (Å²) >= 11 is 0. The van der Waals surface area contributed by atoms with E-state index in [1.807, 2.05) is 24.3 Å². The summed E-state index contributed by atoms with van der Waals surface area (Å²) < 4.78 is 39.3. The summed E-state index contributed by atoms with van der Waals surface area (Å²) in [5, 5.41) is 9.08. The maximum absolute atomic E-state index is 13.1. The molecule has 8 nitrogen and oxygen atoms in total. The fourth-order valence-corrected chi connectivity index (χ4v) is 4.26. The number of nitrogens with zero attached hydrogens (tertiary/aromatic N) is 4. The maximum Gasteiger partial charge on any atom is 0.416 e. The molecule has 1 saturated heterocycles. The zero-order valence-corrected chi connectivity index (χ0v) is 20.6. The van der Waals surface area contributed by atoms with Crippen LogP contribution in [0.15, 0.2) is 73.1 Å². The molecule has 0 aliphatic carbocycles. The number of aromatic nitrogens is 2. The minimum absolute atomic E-state index is 0.232. The highest BCUT2D eigenvalue weighted by Gasteiger charge is 2.30. The SMILES string of the molecule is CN1CCN(c2ccc(NC(=O)Nc3ccc4ncnc(Nc5cccc(C(F)(F)F)c5)c4c3)cc2)CC1. The Morgan fingerprint density at radius 1 is 0.842 bits per heavy atom. The number of piperazine rings is 1. The predicted molar refractivity (Wildman–Crippen MR) is 143 cm³/mol. The van der Waals surface area contributed by atoms with E-state index in [0.29, 0.717) is 28.1 Å². The molecule has 1 fully saturated rings. The van der Waals surface area contributed by atoms with Gasteiger partial charge in [0.15, 0.2) is 0 Å². The quantitative estimate of drug-likeness (QED) is 0.308. The number of carbonyl (C=O) groups excluding carboxylic acids is 1. The van der Waals surface area contributed by atoms with Gasteiger partial charge in [0.05, 0.1) is 11.1 Å². The number of fused-ring (bicyclic) bond motifs is 1. The average molecular weight is 522 g/mol. The van der Waals surface area contributed by atoms with Crippen LogP contribution >= 0.6 is 0 Å². The molecule has 0 spiro atoms. The highest BCUT2D eigenvalue weighted by molar-refractivity contribution is 6.02. The molecule has 4 aromatic rings. The van der Waals surface area contributed by atoms with Gasteiger partial charge >= 0.3 is 12.2 Å². The summed E-state index contributed by atoms with van der Waals surface area (Å²) in [7, 11) is 2.11. The molecule has 1 aliphatic heterocycles. The molecule has 1 aromatic heterocycles. The number of hydrogen-bond donors (Lipinski definition) is 3. The van der Waals surface area contributed by atoms with Crippen molar-refractivity contribution in [1.82, 2.24) is 14.9 Å². The Bertz CT molecular complexity index is 1440. The Labute approximate surface area is 217 Å². The molecule has 2 heterocycles. The fourth-order valence-electron chi connectivity index (χ4n) is 4.26. The van der Waals surface area contributed by atoms with Gasteiger partial charge in [-0.15, -0.1) is 0 Å². The van der Waals surface area contributed by atoms with Gasteiger partial charge in [0.25, 0.3) is 0 Å². The zero-order chi connectivity index (χ0) is 26.7. The van der Waals surface area contributed by atoms with Crippen LogP contribution in [0.2, 0.25) is 0 Å². The van der Waals surface area contributed by atoms with Crippen LogP contribution in [-0.2, 0) is 6.18 Å². The smallest absolute Gasteiger partial charge is 0.369 e. The third kappa shape index (κ3) is 5.94. The van der Waals surface area contributed by atoms with Gasteiger partial charge in [0, 0.05) is 54.3 Å². The number of likely N-dealkylation sites (N-methyl/N-ethyl adjacent to an activating group) is 1. The lowest BCUT2D eigenvalue weighted by Gasteiger charge is -2.34. The molecule has 3 aromatic carbocycles. The Morgan fingerprint density at radius 3 is 2.29 bits per heavy atom. The van der Waals surface area contributed by atoms with Crippen LogP contribution in [0.1, 0.15) is 5.56 Å². The van der Waals surface area contributed by atoms with Crippen LogP contribution in [-0.4, -0.2) is 54.1 Å². The molecule has 0 unspecified atom stereocenters. The summed E-state index contributed by atoms with van der Waals surface area (Å²) in [5.74, 6) is 0.317. The van der Waals surface area contributed by atoms with E-state index in [2.05, 4.69) is 42.8 Å². The van der Waals surface area contributed by atoms with Gasteiger partial charge in [-0.3, -0.25) is 0 Å². The number of anilines is 5. The lowest BCUT2D eigenvalue weighted by atomic mass is 10.1. The molecule has 1 aliphatic rings. The number of alkyl halides is 3. The van der Waals surface area contributed by atoms with Gasteiger partial charge in [-0.1, -0.05) is 6.07 Å². The first kappa shape index (κ1) is 25.3. The van der Waals surface area contributed by atoms with Crippen LogP contribution in [0.25, 0.3) is 10.9 Å². The minimum Gasteiger partial charge on any atom is -0.369 e. The first-order chi connectivity index (χ1) is 18.2. The number of amides is 2. The van der Waals surface area contributed by atoms with Crippen molar-refractivity contribution >= 4 is 45.5 Å². The van der Waals surface area contributed by atoms with Crippen LogP contribution in [0.5, 0.6) is 0 Å². The Morgan fingerprint density at radius 2 is 1.55 bits per heavy atom. The molecular formula is C27H26F3N7O. The predicted octanol–water partition coefficient (Wildman–Crippen LogP) is 5.79. The average Bonchev–Trinajstić information content (AvgIpc) is 2.90. The molecule has 0 radical (unpaired) electrons. The van der Waals surface area contributed by atoms with Crippen LogP contribution < -0.4 is 20.9 Å². The number of rotatable bonds is 5. The van der Waals surface area contributed by atoms with E-state index in [1.165, 1.54) is 18.5 Å². The molecule has 0 atom stereocenters. The second kappa shape index (κ2) is 10.5. The van der Waals surface area contributed by atoms with Gasteiger partial charge in [0.2, 0.25) is 0 Å². The van der Waals surface area contributed by atoms with E-state index in [0.717, 1.165) is 44.0 Å². The number of carbonyl (C=O) groups is 1. The summed E-state index contributed by atoms with van der Waals surface area (Å²) in [6.45, 7) is 3.94. The molecular weight excluding hydrogens is 495 g/mol. The van der Waals surface area contributed by atoms with Crippen LogP contribution in [0.4, 0.5) is 46.5 Å². The van der Waals surface area contributed by atoms with Crippen molar-refractivity contribution in [2.75, 3.05) is 54.1 Å². The van der Waals surface area contributed by atoms with Crippen molar-refractivity contribution in [2.24, 2.45) is 0 Å². The summed E-state index contributed by atoms with van der Waals surface area (Å²) in [5.41, 5.74) is 2.27. The highest BCUT2D eigenvalue weighted by atomic mass is 19.4. The fraction of sp³-hybridized carbons (Fsp3) is 0.222.